The minimum atomic E-state index is -0.108. The average molecular weight is 354 g/mol. The second kappa shape index (κ2) is 4.35. The lowest BCUT2D eigenvalue weighted by atomic mass is 9.61. The van der Waals surface area contributed by atoms with Crippen molar-refractivity contribution in [1.29, 1.82) is 0 Å². The van der Waals surface area contributed by atoms with E-state index in [-0.39, 0.29) is 10.8 Å². The van der Waals surface area contributed by atoms with Crippen LogP contribution in [-0.4, -0.2) is 24.3 Å². The number of halogens is 2. The molecule has 4 heteroatoms. The zero-order valence-corrected chi connectivity index (χ0v) is 14.3. The Kier molecular flexibility index (Phi) is 3.07. The molecule has 1 fully saturated rings. The number of hydrogen-bond donors (Lipinski definition) is 0. The van der Waals surface area contributed by atoms with Gasteiger partial charge in [0.2, 0.25) is 0 Å². The Morgan fingerprint density at radius 2 is 2.20 bits per heavy atom. The molecule has 0 aliphatic carbocycles. The van der Waals surface area contributed by atoms with Gasteiger partial charge in [-0.15, -0.1) is 6.58 Å². The molecular weight excluding hydrogens is 336 g/mol. The van der Waals surface area contributed by atoms with Crippen LogP contribution in [-0.2, 0) is 5.41 Å². The molecule has 2 aliphatic heterocycles. The molecule has 1 unspecified atom stereocenters. The summed E-state index contributed by atoms with van der Waals surface area (Å²) in [5.41, 5.74) is 2.08. The highest BCUT2D eigenvalue weighted by molar-refractivity contribution is 9.10. The van der Waals surface area contributed by atoms with Gasteiger partial charge in [0.15, 0.2) is 0 Å². The third-order valence-electron chi connectivity index (χ3n) is 4.90. The molecule has 1 aromatic carbocycles. The van der Waals surface area contributed by atoms with Crippen LogP contribution < -0.4 is 0 Å². The fourth-order valence-corrected chi connectivity index (χ4v) is 4.03. The van der Waals surface area contributed by atoms with Crippen LogP contribution in [0.4, 0.5) is 5.69 Å². The molecule has 0 amide bonds. The predicted octanol–water partition coefficient (Wildman–Crippen LogP) is 4.93. The topological polar surface area (TPSA) is 15.6 Å². The Labute approximate surface area is 133 Å². The number of allylic oxidation sites excluding steroid dienone is 1. The van der Waals surface area contributed by atoms with Crippen LogP contribution in [0.15, 0.2) is 34.3 Å². The van der Waals surface area contributed by atoms with E-state index in [0.29, 0.717) is 0 Å². The Morgan fingerprint density at radius 1 is 1.50 bits per heavy atom. The molecule has 3 rings (SSSR count). The smallest absolute Gasteiger partial charge is 0.116 e. The molecule has 2 aliphatic rings. The van der Waals surface area contributed by atoms with Gasteiger partial charge in [-0.3, -0.25) is 0 Å². The summed E-state index contributed by atoms with van der Waals surface area (Å²) in [6.07, 6.45) is 3.10. The van der Waals surface area contributed by atoms with Gasteiger partial charge in [0, 0.05) is 18.1 Å². The Bertz CT molecular complexity index is 636. The summed E-state index contributed by atoms with van der Waals surface area (Å²) >= 11 is 9.83. The minimum absolute atomic E-state index is 0.0704. The lowest BCUT2D eigenvalue weighted by Crippen LogP contribution is -2.45. The van der Waals surface area contributed by atoms with E-state index in [1.807, 2.05) is 12.1 Å². The van der Waals surface area contributed by atoms with Crippen molar-refractivity contribution in [2.45, 2.75) is 25.7 Å². The Balaban J connectivity index is 2.31. The molecule has 0 aromatic heterocycles. The van der Waals surface area contributed by atoms with Gasteiger partial charge in [-0.05, 0) is 45.5 Å². The van der Waals surface area contributed by atoms with Gasteiger partial charge >= 0.3 is 0 Å². The highest BCUT2D eigenvalue weighted by Crippen LogP contribution is 2.57. The fourth-order valence-electron chi connectivity index (χ4n) is 3.53. The van der Waals surface area contributed by atoms with Crippen molar-refractivity contribution in [3.63, 3.8) is 0 Å². The molecule has 20 heavy (non-hydrogen) atoms. The highest BCUT2D eigenvalue weighted by atomic mass is 79.9. The van der Waals surface area contributed by atoms with Crippen molar-refractivity contribution in [2.75, 3.05) is 13.6 Å². The first-order valence-electron chi connectivity index (χ1n) is 6.77. The standard InChI is InChI=1S/C16H18BrClN2/c1-5-15(2,3)16-6-7-20(4)14(16)19-13-9-11(17)12(18)8-10(13)16/h5,8-9H,1,6-7H2,2-4H3. The summed E-state index contributed by atoms with van der Waals surface area (Å²) < 4.78 is 0.899. The molecule has 1 atom stereocenters. The molecule has 1 saturated heterocycles. The van der Waals surface area contributed by atoms with Crippen molar-refractivity contribution in [1.82, 2.24) is 4.90 Å². The molecule has 106 valence electrons. The lowest BCUT2D eigenvalue weighted by molar-refractivity contribution is 0.310. The van der Waals surface area contributed by atoms with E-state index in [0.717, 1.165) is 34.0 Å². The number of aliphatic imine (C=N–C) groups is 1. The third-order valence-corrected chi connectivity index (χ3v) is 6.10. The highest BCUT2D eigenvalue weighted by Gasteiger charge is 2.57. The number of hydrogen-bond acceptors (Lipinski definition) is 2. The van der Waals surface area contributed by atoms with Crippen LogP contribution in [0.25, 0.3) is 0 Å². The van der Waals surface area contributed by atoms with Crippen LogP contribution in [0.2, 0.25) is 5.02 Å². The van der Waals surface area contributed by atoms with Gasteiger partial charge in [-0.2, -0.15) is 0 Å². The fraction of sp³-hybridized carbons (Fsp3) is 0.438. The third kappa shape index (κ3) is 1.59. The second-order valence-electron chi connectivity index (χ2n) is 6.22. The van der Waals surface area contributed by atoms with Gasteiger partial charge in [0.1, 0.15) is 5.84 Å². The zero-order valence-electron chi connectivity index (χ0n) is 12.0. The van der Waals surface area contributed by atoms with E-state index in [2.05, 4.69) is 54.4 Å². The van der Waals surface area contributed by atoms with Crippen molar-refractivity contribution >= 4 is 39.1 Å². The number of likely N-dealkylation sites (tertiary alicyclic amines) is 1. The van der Waals surface area contributed by atoms with Crippen molar-refractivity contribution in [2.24, 2.45) is 10.4 Å². The van der Waals surface area contributed by atoms with E-state index in [4.69, 9.17) is 16.6 Å². The number of fused-ring (bicyclic) bond motifs is 3. The van der Waals surface area contributed by atoms with Crippen LogP contribution in [0.1, 0.15) is 25.8 Å². The quantitative estimate of drug-likeness (QED) is 0.688. The SMILES string of the molecule is C=CC(C)(C)C12CCN(C)C1=Nc1cc(Br)c(Cl)cc12. The van der Waals surface area contributed by atoms with Gasteiger partial charge in [-0.25, -0.2) is 4.99 Å². The van der Waals surface area contributed by atoms with E-state index in [1.54, 1.807) is 0 Å². The Morgan fingerprint density at radius 3 is 2.85 bits per heavy atom. The summed E-state index contributed by atoms with van der Waals surface area (Å²) in [4.78, 5) is 7.15. The second-order valence-corrected chi connectivity index (χ2v) is 7.48. The maximum Gasteiger partial charge on any atom is 0.116 e. The summed E-state index contributed by atoms with van der Waals surface area (Å²) in [5.74, 6) is 1.14. The minimum Gasteiger partial charge on any atom is -0.362 e. The molecule has 0 radical (unpaired) electrons. The van der Waals surface area contributed by atoms with Crippen LogP contribution in [0.5, 0.6) is 0 Å². The molecule has 0 saturated carbocycles. The first-order chi connectivity index (χ1) is 9.33. The largest absolute Gasteiger partial charge is 0.362 e. The number of likely N-dealkylation sites (N-methyl/N-ethyl adjacent to an activating group) is 1. The molecular formula is C16H18BrClN2. The monoisotopic (exact) mass is 352 g/mol. The maximum absolute atomic E-state index is 6.34. The molecule has 2 heterocycles. The van der Waals surface area contributed by atoms with Crippen molar-refractivity contribution < 1.29 is 0 Å². The summed E-state index contributed by atoms with van der Waals surface area (Å²) in [6.45, 7) is 9.54. The first-order valence-corrected chi connectivity index (χ1v) is 7.94. The molecule has 0 bridgehead atoms. The van der Waals surface area contributed by atoms with E-state index in [9.17, 15) is 0 Å². The maximum atomic E-state index is 6.34. The van der Waals surface area contributed by atoms with E-state index >= 15 is 0 Å². The average Bonchev–Trinajstić information content (AvgIpc) is 2.88. The van der Waals surface area contributed by atoms with Gasteiger partial charge < -0.3 is 4.90 Å². The summed E-state index contributed by atoms with van der Waals surface area (Å²) in [5, 5.41) is 0.744. The van der Waals surface area contributed by atoms with E-state index in [1.165, 1.54) is 5.56 Å². The van der Waals surface area contributed by atoms with E-state index < -0.39 is 0 Å². The molecule has 0 spiro atoms. The first kappa shape index (κ1) is 14.2. The number of amidine groups is 1. The predicted molar refractivity (Wildman–Crippen MR) is 89.2 cm³/mol. The van der Waals surface area contributed by atoms with Crippen LogP contribution in [0.3, 0.4) is 0 Å². The molecule has 1 aromatic rings. The number of nitrogens with zero attached hydrogens (tertiary/aromatic N) is 2. The summed E-state index contributed by atoms with van der Waals surface area (Å²) in [7, 11) is 2.11. The van der Waals surface area contributed by atoms with Crippen LogP contribution >= 0.6 is 27.5 Å². The normalized spacial score (nSPS) is 24.4. The molecule has 0 N–H and O–H groups in total. The van der Waals surface area contributed by atoms with Gasteiger partial charge in [-0.1, -0.05) is 31.5 Å². The van der Waals surface area contributed by atoms with Crippen molar-refractivity contribution in [3.05, 3.63) is 39.8 Å². The number of rotatable bonds is 2. The van der Waals surface area contributed by atoms with Crippen LogP contribution in [0, 0.1) is 5.41 Å². The molecule has 2 nitrogen and oxygen atoms in total. The lowest BCUT2D eigenvalue weighted by Gasteiger charge is -2.40. The van der Waals surface area contributed by atoms with Gasteiger partial charge in [0.05, 0.1) is 16.1 Å². The van der Waals surface area contributed by atoms with Gasteiger partial charge in [0.25, 0.3) is 0 Å². The van der Waals surface area contributed by atoms with Crippen molar-refractivity contribution in [3.8, 4) is 0 Å². The summed E-state index contributed by atoms with van der Waals surface area (Å²) in [6, 6.07) is 4.10. The zero-order chi connectivity index (χ0) is 14.7. The number of benzene rings is 1. The Hall–Kier alpha value is -0.800.